The predicted octanol–water partition coefficient (Wildman–Crippen LogP) is 2.14. The monoisotopic (exact) mass is 263 g/mol. The molecule has 0 N–H and O–H groups in total. The Bertz CT molecular complexity index is 595. The molecule has 19 heavy (non-hydrogen) atoms. The smallest absolute Gasteiger partial charge is 0.261 e. The summed E-state index contributed by atoms with van der Waals surface area (Å²) in [6, 6.07) is 3.49. The van der Waals surface area contributed by atoms with Gasteiger partial charge in [0.05, 0.1) is 18.3 Å². The Labute approximate surface area is 110 Å². The van der Waals surface area contributed by atoms with Gasteiger partial charge < -0.3 is 18.5 Å². The van der Waals surface area contributed by atoms with Gasteiger partial charge in [-0.15, -0.1) is 0 Å². The van der Waals surface area contributed by atoms with E-state index in [1.54, 1.807) is 22.9 Å². The number of hydrogen-bond acceptors (Lipinski definition) is 4. The van der Waals surface area contributed by atoms with Crippen LogP contribution in [0, 0.1) is 0 Å². The van der Waals surface area contributed by atoms with Gasteiger partial charge in [0, 0.05) is 19.3 Å². The Hall–Kier alpha value is -1.59. The first-order valence-corrected chi connectivity index (χ1v) is 6.64. The molecule has 0 radical (unpaired) electrons. The molecule has 1 aliphatic rings. The second-order valence-corrected chi connectivity index (χ2v) is 4.68. The first-order chi connectivity index (χ1) is 9.34. The van der Waals surface area contributed by atoms with Crippen LogP contribution in [0.3, 0.4) is 0 Å². The van der Waals surface area contributed by atoms with Gasteiger partial charge >= 0.3 is 0 Å². The van der Waals surface area contributed by atoms with Crippen molar-refractivity contribution in [2.24, 2.45) is 0 Å². The summed E-state index contributed by atoms with van der Waals surface area (Å²) in [5.41, 5.74) is 0.581. The molecule has 3 rings (SSSR count). The maximum absolute atomic E-state index is 12.1. The van der Waals surface area contributed by atoms with Gasteiger partial charge in [-0.3, -0.25) is 4.79 Å². The molecule has 2 aromatic heterocycles. The molecular weight excluding hydrogens is 246 g/mol. The van der Waals surface area contributed by atoms with E-state index in [9.17, 15) is 4.79 Å². The molecule has 0 amide bonds. The lowest BCUT2D eigenvalue weighted by molar-refractivity contribution is -0.163. The Morgan fingerprint density at radius 1 is 1.37 bits per heavy atom. The van der Waals surface area contributed by atoms with Gasteiger partial charge in [0.1, 0.15) is 5.58 Å². The van der Waals surface area contributed by atoms with Gasteiger partial charge in [0.15, 0.2) is 6.29 Å². The molecule has 2 aromatic rings. The molecule has 0 bridgehead atoms. The molecule has 5 heteroatoms. The number of furan rings is 1. The van der Waals surface area contributed by atoms with E-state index in [-0.39, 0.29) is 11.8 Å². The zero-order valence-corrected chi connectivity index (χ0v) is 10.7. The van der Waals surface area contributed by atoms with E-state index < -0.39 is 0 Å². The lowest BCUT2D eigenvalue weighted by Gasteiger charge is -2.22. The van der Waals surface area contributed by atoms with Crippen LogP contribution < -0.4 is 5.56 Å². The molecule has 3 heterocycles. The predicted molar refractivity (Wildman–Crippen MR) is 70.0 cm³/mol. The molecule has 0 saturated carbocycles. The zero-order chi connectivity index (χ0) is 13.1. The first kappa shape index (κ1) is 12.4. The third-order valence-electron chi connectivity index (χ3n) is 3.37. The highest BCUT2D eigenvalue weighted by atomic mass is 16.7. The standard InChI is InChI=1S/C14H17NO4/c16-14-11-5-9-17-12(11)4-6-15(14)7-10-19-13-3-1-2-8-18-13/h4-6,9,13H,1-3,7-8,10H2. The highest BCUT2D eigenvalue weighted by molar-refractivity contribution is 5.75. The summed E-state index contributed by atoms with van der Waals surface area (Å²) < 4.78 is 17.9. The van der Waals surface area contributed by atoms with E-state index in [2.05, 4.69) is 0 Å². The summed E-state index contributed by atoms with van der Waals surface area (Å²) in [6.07, 6.45) is 6.35. The Morgan fingerprint density at radius 3 is 3.16 bits per heavy atom. The highest BCUT2D eigenvalue weighted by Crippen LogP contribution is 2.13. The summed E-state index contributed by atoms with van der Waals surface area (Å²) in [7, 11) is 0. The van der Waals surface area contributed by atoms with Gasteiger partial charge in [0.2, 0.25) is 0 Å². The van der Waals surface area contributed by atoms with Gasteiger partial charge in [-0.25, -0.2) is 0 Å². The van der Waals surface area contributed by atoms with Crippen molar-refractivity contribution >= 4 is 11.0 Å². The van der Waals surface area contributed by atoms with E-state index >= 15 is 0 Å². The number of fused-ring (bicyclic) bond motifs is 1. The van der Waals surface area contributed by atoms with Crippen LogP contribution in [-0.4, -0.2) is 24.1 Å². The second-order valence-electron chi connectivity index (χ2n) is 4.68. The van der Waals surface area contributed by atoms with Crippen LogP contribution in [0.5, 0.6) is 0 Å². The van der Waals surface area contributed by atoms with Crippen LogP contribution in [0.4, 0.5) is 0 Å². The van der Waals surface area contributed by atoms with Crippen LogP contribution >= 0.6 is 0 Å². The Balaban J connectivity index is 1.61. The average molecular weight is 263 g/mol. The Kier molecular flexibility index (Phi) is 3.66. The van der Waals surface area contributed by atoms with Crippen LogP contribution in [0.1, 0.15) is 19.3 Å². The number of hydrogen-bond donors (Lipinski definition) is 0. The minimum absolute atomic E-state index is 0.0422. The van der Waals surface area contributed by atoms with Crippen LogP contribution in [0.15, 0.2) is 33.8 Å². The molecule has 1 unspecified atom stereocenters. The highest BCUT2D eigenvalue weighted by Gasteiger charge is 2.13. The van der Waals surface area contributed by atoms with E-state index in [1.165, 1.54) is 6.26 Å². The molecule has 0 aromatic carbocycles. The fraction of sp³-hybridized carbons (Fsp3) is 0.500. The second kappa shape index (κ2) is 5.59. The van der Waals surface area contributed by atoms with E-state index in [0.717, 1.165) is 25.9 Å². The van der Waals surface area contributed by atoms with Crippen LogP contribution in [0.25, 0.3) is 11.0 Å². The molecule has 1 saturated heterocycles. The van der Waals surface area contributed by atoms with Crippen molar-refractivity contribution in [3.8, 4) is 0 Å². The van der Waals surface area contributed by atoms with E-state index in [1.807, 2.05) is 0 Å². The van der Waals surface area contributed by atoms with Crippen molar-refractivity contribution in [1.29, 1.82) is 0 Å². The Morgan fingerprint density at radius 2 is 2.32 bits per heavy atom. The maximum Gasteiger partial charge on any atom is 0.261 e. The van der Waals surface area contributed by atoms with Crippen molar-refractivity contribution in [2.45, 2.75) is 32.1 Å². The van der Waals surface area contributed by atoms with Gasteiger partial charge in [-0.05, 0) is 31.4 Å². The minimum Gasteiger partial charge on any atom is -0.464 e. The maximum atomic E-state index is 12.1. The molecule has 1 atom stereocenters. The quantitative estimate of drug-likeness (QED) is 0.848. The van der Waals surface area contributed by atoms with Crippen LogP contribution in [-0.2, 0) is 16.0 Å². The molecule has 0 spiro atoms. The van der Waals surface area contributed by atoms with Crippen molar-refractivity contribution in [1.82, 2.24) is 4.57 Å². The third-order valence-corrected chi connectivity index (χ3v) is 3.37. The molecule has 0 aliphatic carbocycles. The number of pyridine rings is 1. The number of rotatable bonds is 4. The SMILES string of the molecule is O=c1c2ccoc2ccn1CCOC1CCCCO1. The van der Waals surface area contributed by atoms with Crippen molar-refractivity contribution < 1.29 is 13.9 Å². The summed E-state index contributed by atoms with van der Waals surface area (Å²) in [5.74, 6) is 0. The van der Waals surface area contributed by atoms with Crippen LogP contribution in [0.2, 0.25) is 0 Å². The molecule has 1 fully saturated rings. The van der Waals surface area contributed by atoms with Gasteiger partial charge in [0.25, 0.3) is 5.56 Å². The number of aromatic nitrogens is 1. The summed E-state index contributed by atoms with van der Waals surface area (Å²) in [6.45, 7) is 1.78. The molecule has 5 nitrogen and oxygen atoms in total. The zero-order valence-electron chi connectivity index (χ0n) is 10.7. The van der Waals surface area contributed by atoms with Crippen molar-refractivity contribution in [3.63, 3.8) is 0 Å². The largest absolute Gasteiger partial charge is 0.464 e. The fourth-order valence-corrected chi connectivity index (χ4v) is 2.31. The summed E-state index contributed by atoms with van der Waals surface area (Å²) in [4.78, 5) is 12.1. The number of ether oxygens (including phenoxy) is 2. The van der Waals surface area contributed by atoms with E-state index in [4.69, 9.17) is 13.9 Å². The number of nitrogens with zero attached hydrogens (tertiary/aromatic N) is 1. The third kappa shape index (κ3) is 2.72. The topological polar surface area (TPSA) is 53.6 Å². The van der Waals surface area contributed by atoms with Crippen molar-refractivity contribution in [2.75, 3.05) is 13.2 Å². The average Bonchev–Trinajstić information content (AvgIpc) is 2.92. The fourth-order valence-electron chi connectivity index (χ4n) is 2.31. The van der Waals surface area contributed by atoms with E-state index in [0.29, 0.717) is 24.1 Å². The summed E-state index contributed by atoms with van der Waals surface area (Å²) in [5, 5.41) is 0.608. The molecular formula is C14H17NO4. The van der Waals surface area contributed by atoms with Gasteiger partial charge in [-0.2, -0.15) is 0 Å². The molecule has 102 valence electrons. The lowest BCUT2D eigenvalue weighted by atomic mass is 10.2. The molecule has 1 aliphatic heterocycles. The van der Waals surface area contributed by atoms with Crippen molar-refractivity contribution in [3.05, 3.63) is 34.9 Å². The minimum atomic E-state index is -0.109. The first-order valence-electron chi connectivity index (χ1n) is 6.64. The lowest BCUT2D eigenvalue weighted by Crippen LogP contribution is -2.26. The van der Waals surface area contributed by atoms with Gasteiger partial charge in [-0.1, -0.05) is 0 Å². The normalized spacial score (nSPS) is 19.9. The summed E-state index contributed by atoms with van der Waals surface area (Å²) >= 11 is 0.